The number of rotatable bonds is 8. The molecule has 0 heterocycles. The second-order valence-electron chi connectivity index (χ2n) is 6.37. The smallest absolute Gasteiger partial charge is 0.256 e. The van der Waals surface area contributed by atoms with E-state index in [1.807, 2.05) is 67.7 Å². The molecule has 2 rings (SSSR count). The number of aryl methyl sites for hydroxylation is 1. The van der Waals surface area contributed by atoms with Crippen molar-refractivity contribution >= 4 is 7.37 Å². The fraction of sp³-hybridized carbons (Fsp3) is 0.368. The molecule has 23 heavy (non-hydrogen) atoms. The molecule has 0 radical (unpaired) electrons. The molecule has 0 fully saturated rings. The van der Waals surface area contributed by atoms with Crippen LogP contribution in [0.3, 0.4) is 0 Å². The van der Waals surface area contributed by atoms with Crippen molar-refractivity contribution in [2.75, 3.05) is 6.16 Å². The van der Waals surface area contributed by atoms with Gasteiger partial charge in [0.1, 0.15) is 6.54 Å². The van der Waals surface area contributed by atoms with Gasteiger partial charge < -0.3 is 10.2 Å². The van der Waals surface area contributed by atoms with Gasteiger partial charge in [-0.05, 0) is 12.0 Å². The fourth-order valence-corrected chi connectivity index (χ4v) is 5.10. The average molecular weight is 332 g/mol. The summed E-state index contributed by atoms with van der Waals surface area (Å²) in [6.45, 7) is 4.79. The largest absolute Gasteiger partial charge is 0.340 e. The Morgan fingerprint density at radius 3 is 2.00 bits per heavy atom. The van der Waals surface area contributed by atoms with Gasteiger partial charge in [0, 0.05) is 17.6 Å². The van der Waals surface area contributed by atoms with Crippen molar-refractivity contribution in [1.29, 1.82) is 0 Å². The summed E-state index contributed by atoms with van der Waals surface area (Å²) in [5, 5.41) is 2.03. The summed E-state index contributed by atoms with van der Waals surface area (Å²) in [7, 11) is -3.22. The standard InChI is InChI=1S/C19H26NO2P/c1-16(2)19(20-15-18-11-7-4-8-12-18)23(21,22)14-13-17-9-5-3-6-10-17/h3-12,16,19-20H,13-15H2,1-2H3,(H,21,22)/p+1/t19-/m0/s1. The van der Waals surface area contributed by atoms with E-state index in [0.29, 0.717) is 12.6 Å². The molecule has 0 aliphatic rings. The molecule has 124 valence electrons. The molecule has 0 aliphatic carbocycles. The first-order valence-electron chi connectivity index (χ1n) is 8.22. The van der Waals surface area contributed by atoms with Crippen LogP contribution in [0.15, 0.2) is 60.7 Å². The number of benzene rings is 2. The monoisotopic (exact) mass is 332 g/mol. The molecule has 2 atom stereocenters. The predicted octanol–water partition coefficient (Wildman–Crippen LogP) is 3.25. The molecule has 3 N–H and O–H groups in total. The lowest BCUT2D eigenvalue weighted by Gasteiger charge is -2.24. The third-order valence-corrected chi connectivity index (χ3v) is 6.75. The van der Waals surface area contributed by atoms with Crippen LogP contribution in [-0.2, 0) is 17.5 Å². The first-order valence-corrected chi connectivity index (χ1v) is 10.1. The summed E-state index contributed by atoms with van der Waals surface area (Å²) >= 11 is 0. The maximum atomic E-state index is 12.9. The molecule has 0 aliphatic heterocycles. The summed E-state index contributed by atoms with van der Waals surface area (Å²) in [6.07, 6.45) is 0.988. The normalized spacial score (nSPS) is 15.3. The molecule has 4 heteroatoms. The molecular weight excluding hydrogens is 305 g/mol. The van der Waals surface area contributed by atoms with E-state index in [1.165, 1.54) is 5.56 Å². The zero-order valence-corrected chi connectivity index (χ0v) is 14.8. The molecule has 2 aromatic carbocycles. The highest BCUT2D eigenvalue weighted by molar-refractivity contribution is 7.58. The minimum atomic E-state index is -3.22. The van der Waals surface area contributed by atoms with Crippen LogP contribution in [0.5, 0.6) is 0 Å². The quantitative estimate of drug-likeness (QED) is 0.729. The molecule has 3 nitrogen and oxygen atoms in total. The lowest BCUT2D eigenvalue weighted by molar-refractivity contribution is -0.691. The van der Waals surface area contributed by atoms with E-state index in [2.05, 4.69) is 12.1 Å². The van der Waals surface area contributed by atoms with Gasteiger partial charge in [-0.3, -0.25) is 4.57 Å². The lowest BCUT2D eigenvalue weighted by Crippen LogP contribution is -2.89. The van der Waals surface area contributed by atoms with Gasteiger partial charge in [-0.2, -0.15) is 0 Å². The third kappa shape index (κ3) is 5.62. The highest BCUT2D eigenvalue weighted by Crippen LogP contribution is 2.46. The predicted molar refractivity (Wildman–Crippen MR) is 95.5 cm³/mol. The zero-order chi connectivity index (χ0) is 16.7. The van der Waals surface area contributed by atoms with E-state index in [-0.39, 0.29) is 11.7 Å². The molecule has 0 spiro atoms. The lowest BCUT2D eigenvalue weighted by atomic mass is 10.2. The van der Waals surface area contributed by atoms with Crippen LogP contribution in [-0.4, -0.2) is 16.8 Å². The van der Waals surface area contributed by atoms with Crippen molar-refractivity contribution in [2.45, 2.75) is 32.6 Å². The van der Waals surface area contributed by atoms with Gasteiger partial charge in [-0.15, -0.1) is 0 Å². The Hall–Kier alpha value is -1.41. The summed E-state index contributed by atoms with van der Waals surface area (Å²) in [6, 6.07) is 20.0. The molecule has 1 unspecified atom stereocenters. The maximum Gasteiger partial charge on any atom is 0.256 e. The molecule has 0 saturated carbocycles. The first kappa shape index (κ1) is 17.9. The SMILES string of the molecule is CC(C)[C@@H]([NH2+]Cc1ccccc1)P(=O)(O)CCc1ccccc1. The van der Waals surface area contributed by atoms with Gasteiger partial charge in [-0.1, -0.05) is 74.5 Å². The Labute approximate surface area is 139 Å². The van der Waals surface area contributed by atoms with Crippen molar-refractivity contribution in [3.63, 3.8) is 0 Å². The van der Waals surface area contributed by atoms with Crippen molar-refractivity contribution in [3.8, 4) is 0 Å². The summed E-state index contributed by atoms with van der Waals surface area (Å²) in [5.41, 5.74) is 2.30. The van der Waals surface area contributed by atoms with Gasteiger partial charge in [0.2, 0.25) is 0 Å². The van der Waals surface area contributed by atoms with Gasteiger partial charge in [-0.25, -0.2) is 0 Å². The minimum absolute atomic E-state index is 0.158. The topological polar surface area (TPSA) is 53.9 Å². The second kappa shape index (κ2) is 8.44. The molecule has 0 bridgehead atoms. The fourth-order valence-electron chi connectivity index (χ4n) is 2.86. The average Bonchev–Trinajstić information content (AvgIpc) is 2.55. The van der Waals surface area contributed by atoms with Crippen LogP contribution in [0.1, 0.15) is 25.0 Å². The number of hydrogen-bond donors (Lipinski definition) is 2. The Morgan fingerprint density at radius 2 is 1.48 bits per heavy atom. The van der Waals surface area contributed by atoms with E-state index in [9.17, 15) is 9.46 Å². The maximum absolute atomic E-state index is 12.9. The summed E-state index contributed by atoms with van der Waals surface area (Å²) in [4.78, 5) is 10.6. The van der Waals surface area contributed by atoms with Crippen LogP contribution >= 0.6 is 7.37 Å². The second-order valence-corrected chi connectivity index (χ2v) is 8.93. The molecule has 0 amide bonds. The van der Waals surface area contributed by atoms with Crippen molar-refractivity contribution in [1.82, 2.24) is 0 Å². The summed E-state index contributed by atoms with van der Waals surface area (Å²) in [5.74, 6) is -0.100. The van der Waals surface area contributed by atoms with Crippen molar-refractivity contribution < 1.29 is 14.8 Å². The van der Waals surface area contributed by atoms with Crippen molar-refractivity contribution in [3.05, 3.63) is 71.8 Å². The van der Waals surface area contributed by atoms with Crippen LogP contribution in [0, 0.1) is 5.92 Å². The third-order valence-electron chi connectivity index (χ3n) is 4.15. The Morgan fingerprint density at radius 1 is 0.957 bits per heavy atom. The van der Waals surface area contributed by atoms with E-state index in [4.69, 9.17) is 0 Å². The molecule has 2 aromatic rings. The minimum Gasteiger partial charge on any atom is -0.340 e. The Bertz CT molecular complexity index is 628. The first-order chi connectivity index (χ1) is 11.0. The number of nitrogens with two attached hydrogens (primary N) is 1. The van der Waals surface area contributed by atoms with Crippen LogP contribution in [0.4, 0.5) is 0 Å². The van der Waals surface area contributed by atoms with E-state index in [1.54, 1.807) is 0 Å². The van der Waals surface area contributed by atoms with Gasteiger partial charge in [0.05, 0.1) is 0 Å². The van der Waals surface area contributed by atoms with Gasteiger partial charge in [0.15, 0.2) is 5.78 Å². The highest BCUT2D eigenvalue weighted by atomic mass is 31.2. The highest BCUT2D eigenvalue weighted by Gasteiger charge is 2.36. The molecule has 0 aromatic heterocycles. The van der Waals surface area contributed by atoms with Gasteiger partial charge in [0.25, 0.3) is 7.37 Å². The zero-order valence-electron chi connectivity index (χ0n) is 13.9. The van der Waals surface area contributed by atoms with E-state index in [0.717, 1.165) is 12.1 Å². The van der Waals surface area contributed by atoms with Crippen molar-refractivity contribution in [2.24, 2.45) is 5.92 Å². The molecule has 0 saturated heterocycles. The Kier molecular flexibility index (Phi) is 6.59. The number of hydrogen-bond acceptors (Lipinski definition) is 1. The van der Waals surface area contributed by atoms with E-state index >= 15 is 0 Å². The van der Waals surface area contributed by atoms with Crippen LogP contribution in [0.2, 0.25) is 0 Å². The van der Waals surface area contributed by atoms with Gasteiger partial charge >= 0.3 is 0 Å². The number of quaternary nitrogens is 1. The molecular formula is C19H27NO2P+. The van der Waals surface area contributed by atoms with Crippen LogP contribution in [0.25, 0.3) is 0 Å². The Balaban J connectivity index is 1.98. The summed E-state index contributed by atoms with van der Waals surface area (Å²) < 4.78 is 12.9. The van der Waals surface area contributed by atoms with E-state index < -0.39 is 7.37 Å². The van der Waals surface area contributed by atoms with Crippen LogP contribution < -0.4 is 5.32 Å².